The molecule has 0 saturated heterocycles. The van der Waals surface area contributed by atoms with Gasteiger partial charge in [-0.25, -0.2) is 0 Å². The highest BCUT2D eigenvalue weighted by Crippen LogP contribution is 2.03. The Morgan fingerprint density at radius 1 is 1.89 bits per heavy atom. The van der Waals surface area contributed by atoms with E-state index < -0.39 is 0 Å². The van der Waals surface area contributed by atoms with Gasteiger partial charge in [0.05, 0.1) is 5.38 Å². The van der Waals surface area contributed by atoms with Crippen LogP contribution in [0.1, 0.15) is 0 Å². The molecule has 0 fully saturated rings. The Labute approximate surface area is 63.4 Å². The molecule has 1 heterocycles. The summed E-state index contributed by atoms with van der Waals surface area (Å²) in [7, 11) is 0. The lowest BCUT2D eigenvalue weighted by Gasteiger charge is -1.80. The Morgan fingerprint density at radius 2 is 2.67 bits per heavy atom. The van der Waals surface area contributed by atoms with Gasteiger partial charge in [-0.05, 0) is 17.7 Å². The van der Waals surface area contributed by atoms with E-state index in [1.54, 1.807) is 11.5 Å². The number of rotatable bonds is 2. The summed E-state index contributed by atoms with van der Waals surface area (Å²) in [5, 5.41) is 2.73. The molecule has 0 radical (unpaired) electrons. The minimum atomic E-state index is 0.778. The van der Waals surface area contributed by atoms with Gasteiger partial charge in [-0.3, -0.25) is 0 Å². The van der Waals surface area contributed by atoms with Crippen molar-refractivity contribution in [2.45, 2.75) is 6.54 Å². The van der Waals surface area contributed by atoms with Crippen LogP contribution in [0.15, 0.2) is 24.1 Å². The Balaban J connectivity index is 2.80. The molecule has 3 heteroatoms. The van der Waals surface area contributed by atoms with E-state index in [4.69, 9.17) is 11.6 Å². The van der Waals surface area contributed by atoms with Crippen LogP contribution in [-0.2, 0) is 6.54 Å². The highest BCUT2D eigenvalue weighted by Gasteiger charge is 2.05. The molecule has 0 aliphatic carbocycles. The summed E-state index contributed by atoms with van der Waals surface area (Å²) in [6.45, 7) is 4.41. The first kappa shape index (κ1) is 6.78. The van der Waals surface area contributed by atoms with Crippen LogP contribution >= 0.6 is 23.1 Å². The highest BCUT2D eigenvalue weighted by atomic mass is 35.5. The molecule has 0 amide bonds. The maximum atomic E-state index is 5.74. The molecule has 1 aromatic rings. The van der Waals surface area contributed by atoms with Gasteiger partial charge in [-0.1, -0.05) is 6.58 Å². The molecular formula is C6H7ClNS+. The molecule has 0 saturated carbocycles. The fourth-order valence-corrected chi connectivity index (χ4v) is 1.56. The zero-order valence-corrected chi connectivity index (χ0v) is 6.45. The fraction of sp³-hybridized carbons (Fsp3) is 0.167. The molecule has 0 spiro atoms. The third-order valence-corrected chi connectivity index (χ3v) is 2.22. The van der Waals surface area contributed by atoms with Crippen LogP contribution in [0.25, 0.3) is 0 Å². The minimum absolute atomic E-state index is 0.778. The number of hydrogen-bond donors (Lipinski definition) is 0. The van der Waals surface area contributed by atoms with Gasteiger partial charge in [-0.2, -0.15) is 0 Å². The summed E-state index contributed by atoms with van der Waals surface area (Å²) in [6, 6.07) is 1.87. The second-order valence-corrected chi connectivity index (χ2v) is 2.89. The maximum Gasteiger partial charge on any atom is 0.289 e. The fourth-order valence-electron chi connectivity index (χ4n) is 0.541. The summed E-state index contributed by atoms with van der Waals surface area (Å²) in [6.07, 6.45) is 1.82. The van der Waals surface area contributed by atoms with Crippen molar-refractivity contribution in [1.82, 2.24) is 0 Å². The van der Waals surface area contributed by atoms with Crippen molar-refractivity contribution in [1.29, 1.82) is 0 Å². The lowest BCUT2D eigenvalue weighted by molar-refractivity contribution is -0.615. The van der Waals surface area contributed by atoms with Crippen molar-refractivity contribution >= 4 is 23.1 Å². The molecule has 0 unspecified atom stereocenters. The van der Waals surface area contributed by atoms with E-state index in [1.165, 1.54) is 0 Å². The second kappa shape index (κ2) is 2.99. The van der Waals surface area contributed by atoms with E-state index in [0.717, 1.165) is 11.7 Å². The van der Waals surface area contributed by atoms with Gasteiger partial charge in [0.2, 0.25) is 0 Å². The summed E-state index contributed by atoms with van der Waals surface area (Å²) in [5.41, 5.74) is 0. The molecule has 9 heavy (non-hydrogen) atoms. The predicted octanol–water partition coefficient (Wildman–Crippen LogP) is 1.88. The molecule has 1 nitrogen and oxygen atoms in total. The predicted molar refractivity (Wildman–Crippen MR) is 39.7 cm³/mol. The van der Waals surface area contributed by atoms with Crippen LogP contribution in [0.2, 0.25) is 5.15 Å². The van der Waals surface area contributed by atoms with Gasteiger partial charge in [0, 0.05) is 6.07 Å². The van der Waals surface area contributed by atoms with Crippen LogP contribution in [0.5, 0.6) is 0 Å². The summed E-state index contributed by atoms with van der Waals surface area (Å²) >= 11 is 7.33. The van der Waals surface area contributed by atoms with Gasteiger partial charge < -0.3 is 0 Å². The van der Waals surface area contributed by atoms with Crippen molar-refractivity contribution in [2.75, 3.05) is 0 Å². The van der Waals surface area contributed by atoms with E-state index in [0.29, 0.717) is 0 Å². The lowest BCUT2D eigenvalue weighted by atomic mass is 10.6. The number of hydrogen-bond acceptors (Lipinski definition) is 1. The van der Waals surface area contributed by atoms with Crippen molar-refractivity contribution < 1.29 is 3.96 Å². The first-order chi connectivity index (χ1) is 4.34. The van der Waals surface area contributed by atoms with Gasteiger partial charge in [0.1, 0.15) is 11.5 Å². The average Bonchev–Trinajstić information content (AvgIpc) is 2.18. The molecule has 0 aliphatic rings. The normalized spacial score (nSPS) is 9.44. The summed E-state index contributed by atoms with van der Waals surface area (Å²) in [4.78, 5) is 0. The molecular weight excluding hydrogens is 154 g/mol. The Bertz CT molecular complexity index is 207. The van der Waals surface area contributed by atoms with E-state index in [2.05, 4.69) is 6.58 Å². The first-order valence-electron chi connectivity index (χ1n) is 2.59. The Hall–Kier alpha value is -0.340. The zero-order chi connectivity index (χ0) is 6.69. The van der Waals surface area contributed by atoms with Gasteiger partial charge >= 0.3 is 0 Å². The molecule has 1 rings (SSSR count). The minimum Gasteiger partial charge on any atom is -0.120 e. The van der Waals surface area contributed by atoms with E-state index in [1.807, 2.05) is 21.5 Å². The topological polar surface area (TPSA) is 3.88 Å². The molecule has 0 bridgehead atoms. The van der Waals surface area contributed by atoms with E-state index in [-0.39, 0.29) is 0 Å². The zero-order valence-electron chi connectivity index (χ0n) is 4.88. The smallest absolute Gasteiger partial charge is 0.120 e. The summed E-state index contributed by atoms with van der Waals surface area (Å²) in [5.74, 6) is 0. The standard InChI is InChI=1S/C6H7ClNS/c1-2-4-8-6(7)3-5-9-8/h2-3,5H,1,4H2/q+1. The highest BCUT2D eigenvalue weighted by molar-refractivity contribution is 6.99. The van der Waals surface area contributed by atoms with E-state index >= 15 is 0 Å². The maximum absolute atomic E-state index is 5.74. The van der Waals surface area contributed by atoms with Crippen molar-refractivity contribution in [3.63, 3.8) is 0 Å². The molecule has 0 aromatic carbocycles. The molecule has 0 atom stereocenters. The quantitative estimate of drug-likeness (QED) is 0.460. The molecule has 0 N–H and O–H groups in total. The number of halogens is 1. The van der Waals surface area contributed by atoms with Crippen LogP contribution < -0.4 is 3.96 Å². The molecule has 0 aliphatic heterocycles. The molecule has 1 aromatic heterocycles. The molecule has 48 valence electrons. The van der Waals surface area contributed by atoms with Crippen LogP contribution in [0.3, 0.4) is 0 Å². The van der Waals surface area contributed by atoms with Gasteiger partial charge in [-0.15, -0.1) is 3.96 Å². The SMILES string of the molecule is C=CC[n+]1sccc1Cl. The van der Waals surface area contributed by atoms with Crippen LogP contribution in [0, 0.1) is 0 Å². The second-order valence-electron chi connectivity index (χ2n) is 1.58. The van der Waals surface area contributed by atoms with Crippen molar-refractivity contribution in [3.05, 3.63) is 29.3 Å². The van der Waals surface area contributed by atoms with Crippen LogP contribution in [0.4, 0.5) is 0 Å². The number of allylic oxidation sites excluding steroid dienone is 1. The first-order valence-corrected chi connectivity index (χ1v) is 3.80. The van der Waals surface area contributed by atoms with Crippen molar-refractivity contribution in [2.24, 2.45) is 0 Å². The third kappa shape index (κ3) is 1.53. The average molecular weight is 161 g/mol. The Morgan fingerprint density at radius 3 is 3.11 bits per heavy atom. The third-order valence-electron chi connectivity index (χ3n) is 0.927. The largest absolute Gasteiger partial charge is 0.289 e. The number of nitrogens with zero attached hydrogens (tertiary/aromatic N) is 1. The van der Waals surface area contributed by atoms with Gasteiger partial charge in [0.25, 0.3) is 5.15 Å². The van der Waals surface area contributed by atoms with Gasteiger partial charge in [0.15, 0.2) is 6.54 Å². The number of aromatic nitrogens is 1. The summed E-state index contributed by atoms with van der Waals surface area (Å²) < 4.78 is 1.95. The monoisotopic (exact) mass is 160 g/mol. The lowest BCUT2D eigenvalue weighted by Crippen LogP contribution is -2.27. The Kier molecular flexibility index (Phi) is 2.25. The van der Waals surface area contributed by atoms with Crippen molar-refractivity contribution in [3.8, 4) is 0 Å². The van der Waals surface area contributed by atoms with E-state index in [9.17, 15) is 0 Å². The van der Waals surface area contributed by atoms with Crippen LogP contribution in [-0.4, -0.2) is 0 Å².